The van der Waals surface area contributed by atoms with Gasteiger partial charge in [-0.15, -0.1) is 0 Å². The second kappa shape index (κ2) is 7.24. The first-order chi connectivity index (χ1) is 9.62. The summed E-state index contributed by atoms with van der Waals surface area (Å²) in [6.07, 6.45) is 8.62. The third kappa shape index (κ3) is 3.55. The Labute approximate surface area is 123 Å². The SMILES string of the molecule is CCC(CC)C(O)C(O)C1CCOC2(CCCCC2)C1. The molecule has 2 aliphatic rings. The van der Waals surface area contributed by atoms with E-state index in [0.29, 0.717) is 0 Å². The molecule has 1 saturated heterocycles. The quantitative estimate of drug-likeness (QED) is 0.814. The number of aliphatic hydroxyl groups is 2. The molecule has 1 spiro atoms. The average Bonchev–Trinajstić information content (AvgIpc) is 2.48. The summed E-state index contributed by atoms with van der Waals surface area (Å²) in [7, 11) is 0. The van der Waals surface area contributed by atoms with Crippen LogP contribution in [0.1, 0.15) is 71.6 Å². The lowest BCUT2D eigenvalue weighted by atomic mass is 9.73. The van der Waals surface area contributed by atoms with Gasteiger partial charge in [0.2, 0.25) is 0 Å². The molecule has 3 heteroatoms. The van der Waals surface area contributed by atoms with E-state index in [0.717, 1.165) is 45.1 Å². The number of hydrogen-bond donors (Lipinski definition) is 2. The molecule has 1 saturated carbocycles. The molecule has 3 atom stereocenters. The van der Waals surface area contributed by atoms with Gasteiger partial charge in [-0.3, -0.25) is 0 Å². The Bertz CT molecular complexity index is 276. The summed E-state index contributed by atoms with van der Waals surface area (Å²) in [4.78, 5) is 0. The lowest BCUT2D eigenvalue weighted by Crippen LogP contribution is -2.48. The van der Waals surface area contributed by atoms with E-state index in [1.54, 1.807) is 0 Å². The van der Waals surface area contributed by atoms with Crippen LogP contribution >= 0.6 is 0 Å². The standard InChI is InChI=1S/C17H32O3/c1-3-13(4-2)15(18)16(19)14-8-11-20-17(12-14)9-6-5-7-10-17/h13-16,18-19H,3-12H2,1-2H3. The van der Waals surface area contributed by atoms with Crippen LogP contribution in [0.5, 0.6) is 0 Å². The van der Waals surface area contributed by atoms with Crippen molar-refractivity contribution >= 4 is 0 Å². The Kier molecular flexibility index (Phi) is 5.88. The van der Waals surface area contributed by atoms with E-state index >= 15 is 0 Å². The van der Waals surface area contributed by atoms with Gasteiger partial charge < -0.3 is 14.9 Å². The lowest BCUT2D eigenvalue weighted by molar-refractivity contribution is -0.150. The van der Waals surface area contributed by atoms with Gasteiger partial charge in [-0.1, -0.05) is 46.0 Å². The van der Waals surface area contributed by atoms with Crippen LogP contribution in [0.2, 0.25) is 0 Å². The summed E-state index contributed by atoms with van der Waals surface area (Å²) >= 11 is 0. The Hall–Kier alpha value is -0.120. The highest BCUT2D eigenvalue weighted by molar-refractivity contribution is 4.93. The number of hydrogen-bond acceptors (Lipinski definition) is 3. The molecule has 118 valence electrons. The molecule has 0 radical (unpaired) electrons. The fourth-order valence-corrected chi connectivity index (χ4v) is 4.23. The molecule has 2 rings (SSSR count). The molecule has 1 aliphatic carbocycles. The van der Waals surface area contributed by atoms with E-state index < -0.39 is 12.2 Å². The Morgan fingerprint density at radius 3 is 2.35 bits per heavy atom. The van der Waals surface area contributed by atoms with Gasteiger partial charge in [0.15, 0.2) is 0 Å². The lowest BCUT2D eigenvalue weighted by Gasteiger charge is -2.45. The van der Waals surface area contributed by atoms with E-state index in [2.05, 4.69) is 13.8 Å². The highest BCUT2D eigenvalue weighted by Gasteiger charge is 2.42. The van der Waals surface area contributed by atoms with Gasteiger partial charge in [0.25, 0.3) is 0 Å². The zero-order chi connectivity index (χ0) is 14.6. The fraction of sp³-hybridized carbons (Fsp3) is 1.00. The second-order valence-corrected chi connectivity index (χ2v) is 6.90. The number of rotatable bonds is 5. The maximum atomic E-state index is 10.6. The van der Waals surface area contributed by atoms with E-state index in [4.69, 9.17) is 4.74 Å². The molecule has 2 fully saturated rings. The summed E-state index contributed by atoms with van der Waals surface area (Å²) in [5.74, 6) is 0.424. The molecule has 1 heterocycles. The fourth-order valence-electron chi connectivity index (χ4n) is 4.23. The maximum Gasteiger partial charge on any atom is 0.0831 e. The van der Waals surface area contributed by atoms with Gasteiger partial charge in [-0.05, 0) is 37.5 Å². The second-order valence-electron chi connectivity index (χ2n) is 6.90. The first-order valence-corrected chi connectivity index (χ1v) is 8.62. The molecule has 2 N–H and O–H groups in total. The van der Waals surface area contributed by atoms with Gasteiger partial charge in [0.05, 0.1) is 17.8 Å². The Morgan fingerprint density at radius 1 is 1.10 bits per heavy atom. The van der Waals surface area contributed by atoms with Crippen molar-refractivity contribution in [3.8, 4) is 0 Å². The van der Waals surface area contributed by atoms with Crippen molar-refractivity contribution in [3.63, 3.8) is 0 Å². The minimum absolute atomic E-state index is 0.00971. The molecule has 20 heavy (non-hydrogen) atoms. The van der Waals surface area contributed by atoms with E-state index in [9.17, 15) is 10.2 Å². The monoisotopic (exact) mass is 284 g/mol. The van der Waals surface area contributed by atoms with Crippen LogP contribution in [-0.4, -0.2) is 34.6 Å². The van der Waals surface area contributed by atoms with Crippen LogP contribution in [-0.2, 0) is 4.74 Å². The van der Waals surface area contributed by atoms with Crippen LogP contribution in [0.25, 0.3) is 0 Å². The molecule has 0 aromatic rings. The van der Waals surface area contributed by atoms with Crippen LogP contribution < -0.4 is 0 Å². The first-order valence-electron chi connectivity index (χ1n) is 8.62. The maximum absolute atomic E-state index is 10.6. The number of ether oxygens (including phenoxy) is 1. The molecular weight excluding hydrogens is 252 g/mol. The summed E-state index contributed by atoms with van der Waals surface area (Å²) in [6.45, 7) is 4.94. The van der Waals surface area contributed by atoms with Crippen molar-refractivity contribution < 1.29 is 14.9 Å². The van der Waals surface area contributed by atoms with Crippen molar-refractivity contribution in [1.29, 1.82) is 0 Å². The largest absolute Gasteiger partial charge is 0.390 e. The number of aliphatic hydroxyl groups excluding tert-OH is 2. The van der Waals surface area contributed by atoms with Crippen molar-refractivity contribution in [1.82, 2.24) is 0 Å². The molecule has 0 aromatic heterocycles. The molecule has 1 aliphatic heterocycles. The van der Waals surface area contributed by atoms with Crippen molar-refractivity contribution in [2.24, 2.45) is 11.8 Å². The molecular formula is C17H32O3. The first kappa shape index (κ1) is 16.3. The third-order valence-electron chi connectivity index (χ3n) is 5.66. The minimum atomic E-state index is -0.581. The van der Waals surface area contributed by atoms with Crippen LogP contribution in [0.4, 0.5) is 0 Å². The van der Waals surface area contributed by atoms with Crippen molar-refractivity contribution in [3.05, 3.63) is 0 Å². The van der Waals surface area contributed by atoms with Crippen LogP contribution in [0.3, 0.4) is 0 Å². The highest BCUT2D eigenvalue weighted by atomic mass is 16.5. The van der Waals surface area contributed by atoms with E-state index in [1.807, 2.05) is 0 Å². The minimum Gasteiger partial charge on any atom is -0.390 e. The van der Waals surface area contributed by atoms with Crippen molar-refractivity contribution in [2.75, 3.05) is 6.61 Å². The van der Waals surface area contributed by atoms with Crippen LogP contribution in [0, 0.1) is 11.8 Å². The summed E-state index contributed by atoms with van der Waals surface area (Å²) < 4.78 is 6.09. The van der Waals surface area contributed by atoms with Gasteiger partial charge in [0, 0.05) is 6.61 Å². The average molecular weight is 284 g/mol. The molecule has 0 amide bonds. The smallest absolute Gasteiger partial charge is 0.0831 e. The molecule has 0 aromatic carbocycles. The predicted molar refractivity (Wildman–Crippen MR) is 80.6 cm³/mol. The summed E-state index contributed by atoms with van der Waals surface area (Å²) in [5, 5.41) is 21.0. The summed E-state index contributed by atoms with van der Waals surface area (Å²) in [6, 6.07) is 0. The van der Waals surface area contributed by atoms with E-state index in [1.165, 1.54) is 19.3 Å². The van der Waals surface area contributed by atoms with Crippen LogP contribution in [0.15, 0.2) is 0 Å². The molecule has 0 bridgehead atoms. The third-order valence-corrected chi connectivity index (χ3v) is 5.66. The molecule has 3 nitrogen and oxygen atoms in total. The predicted octanol–water partition coefficient (Wildman–Crippen LogP) is 3.27. The highest BCUT2D eigenvalue weighted by Crippen LogP contribution is 2.42. The molecule has 3 unspecified atom stereocenters. The normalized spacial score (nSPS) is 29.6. The van der Waals surface area contributed by atoms with Gasteiger partial charge in [-0.2, -0.15) is 0 Å². The zero-order valence-electron chi connectivity index (χ0n) is 13.2. The van der Waals surface area contributed by atoms with E-state index in [-0.39, 0.29) is 17.4 Å². The van der Waals surface area contributed by atoms with Crippen molar-refractivity contribution in [2.45, 2.75) is 89.4 Å². The van der Waals surface area contributed by atoms with Gasteiger partial charge >= 0.3 is 0 Å². The topological polar surface area (TPSA) is 49.7 Å². The zero-order valence-corrected chi connectivity index (χ0v) is 13.2. The Balaban J connectivity index is 1.97. The Morgan fingerprint density at radius 2 is 1.75 bits per heavy atom. The van der Waals surface area contributed by atoms with Gasteiger partial charge in [0.1, 0.15) is 0 Å². The van der Waals surface area contributed by atoms with Gasteiger partial charge in [-0.25, -0.2) is 0 Å². The summed E-state index contributed by atoms with van der Waals surface area (Å²) in [5.41, 5.74) is 0.00971.